The fourth-order valence-electron chi connectivity index (χ4n) is 2.01. The molecule has 0 atom stereocenters. The number of benzene rings is 1. The standard InChI is InChI=1S/C18H16Cl2O5/c1-11(21)14(18(22)24-9-8-23-2)10-12-6-7-16(25-12)13-4-3-5-15(19)17(13)20/h3-7,10H,8-9H2,1-2H3/b14-10+. The lowest BCUT2D eigenvalue weighted by Crippen LogP contribution is -2.16. The van der Waals surface area contributed by atoms with E-state index in [4.69, 9.17) is 37.1 Å². The van der Waals surface area contributed by atoms with E-state index >= 15 is 0 Å². The molecule has 1 heterocycles. The minimum absolute atomic E-state index is 0.0570. The highest BCUT2D eigenvalue weighted by atomic mass is 35.5. The Kier molecular flexibility index (Phi) is 6.82. The summed E-state index contributed by atoms with van der Waals surface area (Å²) in [5.41, 5.74) is 0.495. The predicted octanol–water partition coefficient (Wildman–Crippen LogP) is 4.42. The number of methoxy groups -OCH3 is 1. The average Bonchev–Trinajstić information content (AvgIpc) is 3.03. The lowest BCUT2D eigenvalue weighted by Gasteiger charge is -2.05. The number of esters is 1. The summed E-state index contributed by atoms with van der Waals surface area (Å²) in [6.45, 7) is 1.58. The zero-order chi connectivity index (χ0) is 18.4. The van der Waals surface area contributed by atoms with Crippen molar-refractivity contribution in [2.45, 2.75) is 6.92 Å². The molecule has 0 amide bonds. The van der Waals surface area contributed by atoms with Gasteiger partial charge in [0.15, 0.2) is 5.78 Å². The van der Waals surface area contributed by atoms with Gasteiger partial charge in [-0.25, -0.2) is 4.79 Å². The molecule has 0 fully saturated rings. The van der Waals surface area contributed by atoms with E-state index in [0.29, 0.717) is 27.1 Å². The van der Waals surface area contributed by atoms with Gasteiger partial charge >= 0.3 is 5.97 Å². The number of carbonyl (C=O) groups is 2. The largest absolute Gasteiger partial charge is 0.460 e. The highest BCUT2D eigenvalue weighted by molar-refractivity contribution is 6.43. The molecule has 7 heteroatoms. The highest BCUT2D eigenvalue weighted by Gasteiger charge is 2.18. The van der Waals surface area contributed by atoms with Crippen LogP contribution in [0.5, 0.6) is 0 Å². The van der Waals surface area contributed by atoms with Gasteiger partial charge < -0.3 is 13.9 Å². The van der Waals surface area contributed by atoms with Crippen LogP contribution in [0.15, 0.2) is 40.3 Å². The van der Waals surface area contributed by atoms with Crippen LogP contribution in [-0.4, -0.2) is 32.1 Å². The van der Waals surface area contributed by atoms with Crippen LogP contribution < -0.4 is 0 Å². The SMILES string of the molecule is COCCOC(=O)/C(=C/c1ccc(-c2cccc(Cl)c2Cl)o1)C(C)=O. The second kappa shape index (κ2) is 8.85. The van der Waals surface area contributed by atoms with Crippen LogP contribution in [0.25, 0.3) is 17.4 Å². The summed E-state index contributed by atoms with van der Waals surface area (Å²) in [6.07, 6.45) is 1.33. The first-order chi connectivity index (χ1) is 11.9. The van der Waals surface area contributed by atoms with Crippen molar-refractivity contribution < 1.29 is 23.5 Å². The second-order valence-electron chi connectivity index (χ2n) is 5.05. The molecule has 0 saturated carbocycles. The molecule has 0 bridgehead atoms. The third-order valence-electron chi connectivity index (χ3n) is 3.25. The summed E-state index contributed by atoms with van der Waals surface area (Å²) < 4.78 is 15.4. The monoisotopic (exact) mass is 382 g/mol. The minimum atomic E-state index is -0.733. The molecule has 1 aromatic heterocycles. The average molecular weight is 383 g/mol. The number of halogens is 2. The van der Waals surface area contributed by atoms with Gasteiger partial charge in [-0.05, 0) is 37.3 Å². The van der Waals surface area contributed by atoms with Gasteiger partial charge in [0.05, 0.1) is 16.7 Å². The minimum Gasteiger partial charge on any atom is -0.460 e. The van der Waals surface area contributed by atoms with Gasteiger partial charge in [-0.3, -0.25) is 4.79 Å². The molecule has 132 valence electrons. The maximum Gasteiger partial charge on any atom is 0.341 e. The van der Waals surface area contributed by atoms with Crippen molar-refractivity contribution in [3.05, 3.63) is 51.7 Å². The first kappa shape index (κ1) is 19.2. The van der Waals surface area contributed by atoms with Gasteiger partial charge in [0.1, 0.15) is 23.7 Å². The predicted molar refractivity (Wildman–Crippen MR) is 95.7 cm³/mol. The number of hydrogen-bond donors (Lipinski definition) is 0. The third kappa shape index (κ3) is 4.95. The van der Waals surface area contributed by atoms with E-state index in [1.54, 1.807) is 30.3 Å². The van der Waals surface area contributed by atoms with Crippen molar-refractivity contribution in [2.24, 2.45) is 0 Å². The number of ketones is 1. The number of hydrogen-bond acceptors (Lipinski definition) is 5. The molecule has 2 rings (SSSR count). The number of furan rings is 1. The quantitative estimate of drug-likeness (QED) is 0.233. The maximum atomic E-state index is 12.0. The zero-order valence-corrected chi connectivity index (χ0v) is 15.2. The molecule has 5 nitrogen and oxygen atoms in total. The Bertz CT molecular complexity index is 808. The number of rotatable bonds is 7. The molecule has 0 N–H and O–H groups in total. The van der Waals surface area contributed by atoms with Crippen LogP contribution in [0, 0.1) is 0 Å². The van der Waals surface area contributed by atoms with Gasteiger partial charge in [0, 0.05) is 12.7 Å². The Labute approximate surface area is 155 Å². The molecule has 0 aliphatic carbocycles. The highest BCUT2D eigenvalue weighted by Crippen LogP contribution is 2.34. The van der Waals surface area contributed by atoms with E-state index in [2.05, 4.69) is 0 Å². The van der Waals surface area contributed by atoms with Gasteiger partial charge in [0.25, 0.3) is 0 Å². The molecule has 2 aromatic rings. The van der Waals surface area contributed by atoms with Crippen LogP contribution >= 0.6 is 23.2 Å². The van der Waals surface area contributed by atoms with E-state index in [-0.39, 0.29) is 18.8 Å². The van der Waals surface area contributed by atoms with Crippen molar-refractivity contribution in [3.63, 3.8) is 0 Å². The van der Waals surface area contributed by atoms with Crippen molar-refractivity contribution in [3.8, 4) is 11.3 Å². The molecule has 25 heavy (non-hydrogen) atoms. The lowest BCUT2D eigenvalue weighted by atomic mass is 10.1. The van der Waals surface area contributed by atoms with Gasteiger partial charge in [-0.15, -0.1) is 0 Å². The van der Waals surface area contributed by atoms with Gasteiger partial charge in [-0.1, -0.05) is 29.3 Å². The molecule has 0 saturated heterocycles. The molecular weight excluding hydrogens is 367 g/mol. The molecular formula is C18H16Cl2O5. The van der Waals surface area contributed by atoms with Crippen LogP contribution in [0.1, 0.15) is 12.7 Å². The summed E-state index contributed by atoms with van der Waals surface area (Å²) in [5, 5.41) is 0.763. The normalized spacial score (nSPS) is 11.4. The summed E-state index contributed by atoms with van der Waals surface area (Å²) in [6, 6.07) is 8.47. The van der Waals surface area contributed by atoms with Gasteiger partial charge in [-0.2, -0.15) is 0 Å². The van der Waals surface area contributed by atoms with E-state index in [1.165, 1.54) is 20.1 Å². The summed E-state index contributed by atoms with van der Waals surface area (Å²) in [5.74, 6) is -0.376. The Morgan fingerprint density at radius 1 is 1.16 bits per heavy atom. The fraction of sp³-hybridized carbons (Fsp3) is 0.222. The molecule has 1 aromatic carbocycles. The maximum absolute atomic E-state index is 12.0. The summed E-state index contributed by atoms with van der Waals surface area (Å²) >= 11 is 12.2. The molecule has 0 aliphatic rings. The fourth-order valence-corrected chi connectivity index (χ4v) is 2.40. The smallest absolute Gasteiger partial charge is 0.341 e. The first-order valence-electron chi connectivity index (χ1n) is 7.37. The van der Waals surface area contributed by atoms with Gasteiger partial charge in [0.2, 0.25) is 0 Å². The molecule has 0 spiro atoms. The summed E-state index contributed by atoms with van der Waals surface area (Å²) in [7, 11) is 1.49. The lowest BCUT2D eigenvalue weighted by molar-refractivity contribution is -0.141. The van der Waals surface area contributed by atoms with Crippen LogP contribution in [0.4, 0.5) is 0 Å². The van der Waals surface area contributed by atoms with Crippen molar-refractivity contribution >= 4 is 41.0 Å². The number of ether oxygens (including phenoxy) is 2. The molecule has 0 radical (unpaired) electrons. The van der Waals surface area contributed by atoms with E-state index in [1.807, 2.05) is 0 Å². The zero-order valence-electron chi connectivity index (χ0n) is 13.7. The molecule has 0 unspecified atom stereocenters. The Balaban J connectivity index is 2.27. The topological polar surface area (TPSA) is 65.7 Å². The van der Waals surface area contributed by atoms with E-state index in [9.17, 15) is 9.59 Å². The van der Waals surface area contributed by atoms with Crippen molar-refractivity contribution in [1.82, 2.24) is 0 Å². The Morgan fingerprint density at radius 2 is 1.92 bits per heavy atom. The van der Waals surface area contributed by atoms with Crippen LogP contribution in [0.3, 0.4) is 0 Å². The van der Waals surface area contributed by atoms with E-state index in [0.717, 1.165) is 0 Å². The van der Waals surface area contributed by atoms with E-state index < -0.39 is 11.8 Å². The molecule has 0 aliphatic heterocycles. The number of Topliss-reactive ketones (excluding diaryl/α,β-unsaturated/α-hetero) is 1. The second-order valence-corrected chi connectivity index (χ2v) is 5.83. The van der Waals surface area contributed by atoms with Crippen LogP contribution in [0.2, 0.25) is 10.0 Å². The Hall–Kier alpha value is -2.08. The number of carbonyl (C=O) groups excluding carboxylic acids is 2. The Morgan fingerprint density at radius 3 is 2.60 bits per heavy atom. The third-order valence-corrected chi connectivity index (χ3v) is 4.07. The van der Waals surface area contributed by atoms with Crippen LogP contribution in [-0.2, 0) is 19.1 Å². The summed E-state index contributed by atoms with van der Waals surface area (Å²) in [4.78, 5) is 23.7. The first-order valence-corrected chi connectivity index (χ1v) is 8.12. The van der Waals surface area contributed by atoms with Crippen molar-refractivity contribution in [2.75, 3.05) is 20.3 Å². The van der Waals surface area contributed by atoms with Crippen molar-refractivity contribution in [1.29, 1.82) is 0 Å².